The van der Waals surface area contributed by atoms with Crippen LogP contribution in [0.2, 0.25) is 0 Å². The molecule has 0 spiro atoms. The van der Waals surface area contributed by atoms with Crippen LogP contribution in [0.5, 0.6) is 0 Å². The number of thiazole rings is 1. The van der Waals surface area contributed by atoms with E-state index in [1.807, 2.05) is 37.3 Å². The van der Waals surface area contributed by atoms with Gasteiger partial charge in [0.25, 0.3) is 5.91 Å². The molecule has 5 nitrogen and oxygen atoms in total. The van der Waals surface area contributed by atoms with Gasteiger partial charge < -0.3 is 10.6 Å². The van der Waals surface area contributed by atoms with Crippen LogP contribution in [0.1, 0.15) is 15.9 Å². The van der Waals surface area contributed by atoms with Crippen molar-refractivity contribution in [2.24, 2.45) is 0 Å². The summed E-state index contributed by atoms with van der Waals surface area (Å²) in [5.41, 5.74) is 2.25. The highest BCUT2D eigenvalue weighted by molar-refractivity contribution is 9.10. The van der Waals surface area contributed by atoms with E-state index in [-0.39, 0.29) is 18.4 Å². The third-order valence-corrected chi connectivity index (χ3v) is 4.82. The van der Waals surface area contributed by atoms with Gasteiger partial charge in [0.2, 0.25) is 5.91 Å². The summed E-state index contributed by atoms with van der Waals surface area (Å²) in [5, 5.41) is 5.84. The fourth-order valence-corrected chi connectivity index (χ4v) is 3.63. The normalized spacial score (nSPS) is 10.6. The third kappa shape index (κ3) is 3.80. The van der Waals surface area contributed by atoms with Gasteiger partial charge in [-0.05, 0) is 36.8 Å². The number of hydrogen-bond acceptors (Lipinski definition) is 4. The van der Waals surface area contributed by atoms with Crippen molar-refractivity contribution in [3.8, 4) is 0 Å². The average Bonchev–Trinajstić information content (AvgIpc) is 2.94. The summed E-state index contributed by atoms with van der Waals surface area (Å²) < 4.78 is 1.94. The number of fused-ring (bicyclic) bond motifs is 1. The van der Waals surface area contributed by atoms with Crippen LogP contribution in [0.4, 0.5) is 5.13 Å². The molecule has 7 heteroatoms. The van der Waals surface area contributed by atoms with Crippen molar-refractivity contribution in [3.63, 3.8) is 0 Å². The molecular formula is C17H14BrN3O2S. The van der Waals surface area contributed by atoms with Gasteiger partial charge in [-0.25, -0.2) is 4.98 Å². The predicted octanol–water partition coefficient (Wildman–Crippen LogP) is 3.74. The average molecular weight is 404 g/mol. The van der Waals surface area contributed by atoms with Gasteiger partial charge in [-0.1, -0.05) is 45.5 Å². The molecule has 0 radical (unpaired) electrons. The number of anilines is 1. The molecule has 2 amide bonds. The molecule has 0 bridgehead atoms. The van der Waals surface area contributed by atoms with Crippen molar-refractivity contribution in [1.82, 2.24) is 10.3 Å². The van der Waals surface area contributed by atoms with Crippen LogP contribution in [0.15, 0.2) is 46.9 Å². The summed E-state index contributed by atoms with van der Waals surface area (Å²) in [4.78, 5) is 28.4. The molecule has 0 atom stereocenters. The van der Waals surface area contributed by atoms with E-state index in [0.717, 1.165) is 20.3 Å². The molecule has 0 saturated heterocycles. The fourth-order valence-electron chi connectivity index (χ4n) is 2.20. The Morgan fingerprint density at radius 3 is 2.79 bits per heavy atom. The molecule has 122 valence electrons. The summed E-state index contributed by atoms with van der Waals surface area (Å²) in [7, 11) is 0. The molecule has 0 fully saturated rings. The minimum atomic E-state index is -0.310. The molecule has 2 aromatic carbocycles. The molecule has 0 saturated carbocycles. The van der Waals surface area contributed by atoms with Crippen molar-refractivity contribution in [2.75, 3.05) is 11.9 Å². The smallest absolute Gasteiger partial charge is 0.251 e. The van der Waals surface area contributed by atoms with Crippen molar-refractivity contribution in [1.29, 1.82) is 0 Å². The maximum atomic E-state index is 12.1. The van der Waals surface area contributed by atoms with Gasteiger partial charge >= 0.3 is 0 Å². The maximum Gasteiger partial charge on any atom is 0.251 e. The first kappa shape index (κ1) is 16.6. The second-order valence-electron chi connectivity index (χ2n) is 5.18. The number of nitrogens with one attached hydrogen (secondary N) is 2. The number of hydrogen-bond donors (Lipinski definition) is 2. The lowest BCUT2D eigenvalue weighted by Gasteiger charge is -2.07. The van der Waals surface area contributed by atoms with E-state index in [1.165, 1.54) is 11.3 Å². The van der Waals surface area contributed by atoms with Crippen LogP contribution in [0.25, 0.3) is 10.2 Å². The van der Waals surface area contributed by atoms with Crippen LogP contribution in [0, 0.1) is 6.92 Å². The van der Waals surface area contributed by atoms with E-state index in [1.54, 1.807) is 12.1 Å². The lowest BCUT2D eigenvalue weighted by atomic mass is 10.1. The first-order valence-electron chi connectivity index (χ1n) is 7.23. The molecule has 3 rings (SSSR count). The molecule has 3 aromatic rings. The van der Waals surface area contributed by atoms with Gasteiger partial charge in [-0.3, -0.25) is 9.59 Å². The van der Waals surface area contributed by atoms with Crippen molar-refractivity contribution < 1.29 is 9.59 Å². The second kappa shape index (κ2) is 7.11. The van der Waals surface area contributed by atoms with Gasteiger partial charge in [0, 0.05) is 10.0 Å². The van der Waals surface area contributed by atoms with Crippen LogP contribution in [0.3, 0.4) is 0 Å². The Labute approximate surface area is 151 Å². The highest BCUT2D eigenvalue weighted by Gasteiger charge is 2.12. The summed E-state index contributed by atoms with van der Waals surface area (Å²) >= 11 is 4.79. The van der Waals surface area contributed by atoms with Gasteiger partial charge in [-0.2, -0.15) is 0 Å². The highest BCUT2D eigenvalue weighted by atomic mass is 79.9. The third-order valence-electron chi connectivity index (χ3n) is 3.40. The number of aryl methyl sites for hydroxylation is 1. The Balaban J connectivity index is 1.61. The van der Waals surface area contributed by atoms with Gasteiger partial charge in [0.15, 0.2) is 5.13 Å². The number of benzene rings is 2. The maximum absolute atomic E-state index is 12.1. The molecule has 1 heterocycles. The fraction of sp³-hybridized carbons (Fsp3) is 0.118. The first-order chi connectivity index (χ1) is 11.5. The molecule has 0 unspecified atom stereocenters. The Hall–Kier alpha value is -2.25. The standard InChI is InChI=1S/C17H14BrN3O2S/c1-10-4-2-3-5-12(10)16(23)19-9-15(22)21-17-20-13-7-6-11(18)8-14(13)24-17/h2-8H,9H2,1H3,(H,19,23)(H,20,21,22). The Kier molecular flexibility index (Phi) is 4.92. The molecular weight excluding hydrogens is 390 g/mol. The van der Waals surface area contributed by atoms with E-state index in [9.17, 15) is 9.59 Å². The highest BCUT2D eigenvalue weighted by Crippen LogP contribution is 2.28. The molecule has 24 heavy (non-hydrogen) atoms. The minimum Gasteiger partial charge on any atom is -0.343 e. The number of rotatable bonds is 4. The monoisotopic (exact) mass is 403 g/mol. The molecule has 1 aromatic heterocycles. The number of carbonyl (C=O) groups excluding carboxylic acids is 2. The minimum absolute atomic E-state index is 0.104. The van der Waals surface area contributed by atoms with Crippen molar-refractivity contribution in [2.45, 2.75) is 6.92 Å². The van der Waals surface area contributed by atoms with Crippen LogP contribution >= 0.6 is 27.3 Å². The number of carbonyl (C=O) groups is 2. The molecule has 0 aliphatic rings. The number of nitrogens with zero attached hydrogens (tertiary/aromatic N) is 1. The zero-order chi connectivity index (χ0) is 17.1. The van der Waals surface area contributed by atoms with Crippen molar-refractivity contribution >= 4 is 54.4 Å². The predicted molar refractivity (Wildman–Crippen MR) is 99.5 cm³/mol. The first-order valence-corrected chi connectivity index (χ1v) is 8.83. The number of halogens is 1. The van der Waals surface area contributed by atoms with Gasteiger partial charge in [0.1, 0.15) is 0 Å². The zero-order valence-corrected chi connectivity index (χ0v) is 15.2. The SMILES string of the molecule is Cc1ccccc1C(=O)NCC(=O)Nc1nc2ccc(Br)cc2s1. The largest absolute Gasteiger partial charge is 0.343 e. The lowest BCUT2D eigenvalue weighted by Crippen LogP contribution is -2.33. The Morgan fingerprint density at radius 2 is 2.00 bits per heavy atom. The molecule has 0 aliphatic heterocycles. The number of aromatic nitrogens is 1. The van der Waals surface area contributed by atoms with E-state index in [0.29, 0.717) is 10.7 Å². The van der Waals surface area contributed by atoms with E-state index in [4.69, 9.17) is 0 Å². The van der Waals surface area contributed by atoms with Gasteiger partial charge in [-0.15, -0.1) is 0 Å². The Morgan fingerprint density at radius 1 is 1.21 bits per heavy atom. The summed E-state index contributed by atoms with van der Waals surface area (Å²) in [5.74, 6) is -0.577. The Bertz CT molecular complexity index is 923. The summed E-state index contributed by atoms with van der Waals surface area (Å²) in [6, 6.07) is 13.0. The van der Waals surface area contributed by atoms with E-state index >= 15 is 0 Å². The lowest BCUT2D eigenvalue weighted by molar-refractivity contribution is -0.115. The van der Waals surface area contributed by atoms with Crippen LogP contribution < -0.4 is 10.6 Å². The van der Waals surface area contributed by atoms with Crippen LogP contribution in [-0.4, -0.2) is 23.3 Å². The zero-order valence-electron chi connectivity index (χ0n) is 12.8. The van der Waals surface area contributed by atoms with E-state index < -0.39 is 0 Å². The molecule has 0 aliphatic carbocycles. The summed E-state index contributed by atoms with van der Waals surface area (Å²) in [6.07, 6.45) is 0. The van der Waals surface area contributed by atoms with Crippen LogP contribution in [-0.2, 0) is 4.79 Å². The number of amides is 2. The van der Waals surface area contributed by atoms with Gasteiger partial charge in [0.05, 0.1) is 16.8 Å². The van der Waals surface area contributed by atoms with E-state index in [2.05, 4.69) is 31.5 Å². The second-order valence-corrected chi connectivity index (χ2v) is 7.12. The topological polar surface area (TPSA) is 71.1 Å². The molecule has 2 N–H and O–H groups in total. The summed E-state index contributed by atoms with van der Waals surface area (Å²) in [6.45, 7) is 1.75. The quantitative estimate of drug-likeness (QED) is 0.696. The van der Waals surface area contributed by atoms with Crippen molar-refractivity contribution in [3.05, 3.63) is 58.1 Å².